The first-order valence-electron chi connectivity index (χ1n) is 4.89. The summed E-state index contributed by atoms with van der Waals surface area (Å²) >= 11 is 5.74. The Morgan fingerprint density at radius 2 is 1.87 bits per heavy atom. The predicted octanol–water partition coefficient (Wildman–Crippen LogP) is 3.23. The van der Waals surface area contributed by atoms with Crippen LogP contribution in [0.1, 0.15) is 17.0 Å². The monoisotopic (exact) mass is 220 g/mol. The first-order valence-corrected chi connectivity index (χ1v) is 5.42. The van der Waals surface area contributed by atoms with Crippen LogP contribution in [0.5, 0.6) is 0 Å². The van der Waals surface area contributed by atoms with Crippen LogP contribution >= 0.6 is 11.6 Å². The highest BCUT2D eigenvalue weighted by Gasteiger charge is 2.02. The minimum atomic E-state index is 0.553. The molecule has 15 heavy (non-hydrogen) atoms. The van der Waals surface area contributed by atoms with E-state index >= 15 is 0 Å². The Labute approximate surface area is 94.5 Å². The van der Waals surface area contributed by atoms with Gasteiger partial charge in [0.15, 0.2) is 0 Å². The number of hydrogen-bond acceptors (Lipinski definition) is 1. The van der Waals surface area contributed by atoms with E-state index in [4.69, 9.17) is 11.6 Å². The number of nitrogens with zero attached hydrogens (tertiary/aromatic N) is 2. The highest BCUT2D eigenvalue weighted by molar-refractivity contribution is 6.17. The van der Waals surface area contributed by atoms with Gasteiger partial charge in [-0.2, -0.15) is 5.10 Å². The van der Waals surface area contributed by atoms with E-state index in [1.54, 1.807) is 0 Å². The van der Waals surface area contributed by atoms with Gasteiger partial charge < -0.3 is 0 Å². The van der Waals surface area contributed by atoms with Crippen LogP contribution in [-0.2, 0) is 5.88 Å². The Morgan fingerprint density at radius 1 is 1.20 bits per heavy atom. The molecule has 1 aromatic carbocycles. The molecule has 2 rings (SSSR count). The SMILES string of the molecule is Cc1cc(C)n(-c2ccc(CCl)cc2)n1. The second-order valence-electron chi connectivity index (χ2n) is 3.64. The van der Waals surface area contributed by atoms with Gasteiger partial charge in [0.25, 0.3) is 0 Å². The fourth-order valence-electron chi connectivity index (χ4n) is 1.62. The number of benzene rings is 1. The lowest BCUT2D eigenvalue weighted by Crippen LogP contribution is -1.98. The Bertz CT molecular complexity index is 457. The van der Waals surface area contributed by atoms with Crippen molar-refractivity contribution in [3.8, 4) is 5.69 Å². The fraction of sp³-hybridized carbons (Fsp3) is 0.250. The van der Waals surface area contributed by atoms with Crippen LogP contribution in [0, 0.1) is 13.8 Å². The maximum atomic E-state index is 5.74. The lowest BCUT2D eigenvalue weighted by atomic mass is 10.2. The zero-order valence-corrected chi connectivity index (χ0v) is 9.62. The first kappa shape index (κ1) is 10.2. The molecule has 0 aliphatic rings. The third-order valence-corrected chi connectivity index (χ3v) is 2.65. The molecule has 0 saturated carbocycles. The summed E-state index contributed by atoms with van der Waals surface area (Å²) in [7, 11) is 0. The van der Waals surface area contributed by atoms with Crippen molar-refractivity contribution >= 4 is 11.6 Å². The Kier molecular flexibility index (Phi) is 2.78. The van der Waals surface area contributed by atoms with Gasteiger partial charge >= 0.3 is 0 Å². The van der Waals surface area contributed by atoms with Gasteiger partial charge in [-0.3, -0.25) is 0 Å². The Balaban J connectivity index is 2.41. The van der Waals surface area contributed by atoms with Gasteiger partial charge in [-0.15, -0.1) is 11.6 Å². The largest absolute Gasteiger partial charge is 0.238 e. The van der Waals surface area contributed by atoms with E-state index in [1.807, 2.05) is 35.9 Å². The Morgan fingerprint density at radius 3 is 2.33 bits per heavy atom. The molecule has 0 radical (unpaired) electrons. The zero-order chi connectivity index (χ0) is 10.8. The summed E-state index contributed by atoms with van der Waals surface area (Å²) in [5, 5.41) is 4.42. The summed E-state index contributed by atoms with van der Waals surface area (Å²) in [6.07, 6.45) is 0. The molecule has 0 aliphatic carbocycles. The van der Waals surface area contributed by atoms with E-state index in [2.05, 4.69) is 18.1 Å². The lowest BCUT2D eigenvalue weighted by Gasteiger charge is -2.04. The van der Waals surface area contributed by atoms with Crippen LogP contribution in [0.25, 0.3) is 5.69 Å². The van der Waals surface area contributed by atoms with Gasteiger partial charge in [-0.1, -0.05) is 12.1 Å². The lowest BCUT2D eigenvalue weighted by molar-refractivity contribution is 0.833. The second kappa shape index (κ2) is 4.07. The minimum Gasteiger partial charge on any atom is -0.238 e. The molecular weight excluding hydrogens is 208 g/mol. The van der Waals surface area contributed by atoms with Crippen LogP contribution in [-0.4, -0.2) is 9.78 Å². The molecule has 0 aliphatic heterocycles. The zero-order valence-electron chi connectivity index (χ0n) is 8.87. The molecule has 3 heteroatoms. The molecule has 78 valence electrons. The minimum absolute atomic E-state index is 0.553. The topological polar surface area (TPSA) is 17.8 Å². The van der Waals surface area contributed by atoms with Crippen molar-refractivity contribution in [2.45, 2.75) is 19.7 Å². The molecule has 1 heterocycles. The normalized spacial score (nSPS) is 10.6. The third-order valence-electron chi connectivity index (χ3n) is 2.34. The number of alkyl halides is 1. The molecule has 2 nitrogen and oxygen atoms in total. The van der Waals surface area contributed by atoms with E-state index in [9.17, 15) is 0 Å². The standard InChI is InChI=1S/C12H13ClN2/c1-9-7-10(2)15(14-9)12-5-3-11(8-13)4-6-12/h3-7H,8H2,1-2H3. The predicted molar refractivity (Wildman–Crippen MR) is 62.6 cm³/mol. The van der Waals surface area contributed by atoms with Gasteiger partial charge in [-0.25, -0.2) is 4.68 Å². The number of halogens is 1. The number of hydrogen-bond donors (Lipinski definition) is 0. The van der Waals surface area contributed by atoms with Crippen LogP contribution in [0.2, 0.25) is 0 Å². The summed E-state index contributed by atoms with van der Waals surface area (Å²) < 4.78 is 1.94. The molecule has 0 amide bonds. The third kappa shape index (κ3) is 2.05. The number of aromatic nitrogens is 2. The number of aryl methyl sites for hydroxylation is 2. The second-order valence-corrected chi connectivity index (χ2v) is 3.91. The fourth-order valence-corrected chi connectivity index (χ4v) is 1.79. The smallest absolute Gasteiger partial charge is 0.0648 e. The molecule has 1 aromatic heterocycles. The Hall–Kier alpha value is -1.28. The van der Waals surface area contributed by atoms with E-state index < -0.39 is 0 Å². The maximum Gasteiger partial charge on any atom is 0.0648 e. The summed E-state index contributed by atoms with van der Waals surface area (Å²) in [6, 6.07) is 10.2. The summed E-state index contributed by atoms with van der Waals surface area (Å²) in [6.45, 7) is 4.05. The average molecular weight is 221 g/mol. The number of rotatable bonds is 2. The summed E-state index contributed by atoms with van der Waals surface area (Å²) in [5.41, 5.74) is 4.39. The molecule has 0 spiro atoms. The van der Waals surface area contributed by atoms with Gasteiger partial charge in [-0.05, 0) is 37.6 Å². The average Bonchev–Trinajstić information content (AvgIpc) is 2.58. The van der Waals surface area contributed by atoms with Crippen LogP contribution in [0.15, 0.2) is 30.3 Å². The van der Waals surface area contributed by atoms with Gasteiger partial charge in [0, 0.05) is 11.6 Å². The molecule has 0 atom stereocenters. The maximum absolute atomic E-state index is 5.74. The van der Waals surface area contributed by atoms with E-state index in [0.29, 0.717) is 5.88 Å². The van der Waals surface area contributed by atoms with Crippen molar-refractivity contribution < 1.29 is 0 Å². The van der Waals surface area contributed by atoms with E-state index in [-0.39, 0.29) is 0 Å². The van der Waals surface area contributed by atoms with E-state index in [1.165, 1.54) is 0 Å². The highest BCUT2D eigenvalue weighted by Crippen LogP contribution is 2.13. The van der Waals surface area contributed by atoms with Crippen molar-refractivity contribution in [1.29, 1.82) is 0 Å². The molecule has 0 unspecified atom stereocenters. The molecular formula is C12H13ClN2. The van der Waals surface area contributed by atoms with E-state index in [0.717, 1.165) is 22.6 Å². The van der Waals surface area contributed by atoms with Gasteiger partial charge in [0.2, 0.25) is 0 Å². The van der Waals surface area contributed by atoms with Gasteiger partial charge in [0.05, 0.1) is 11.4 Å². The summed E-state index contributed by atoms with van der Waals surface area (Å²) in [5.74, 6) is 0.553. The molecule has 0 N–H and O–H groups in total. The molecule has 0 bridgehead atoms. The van der Waals surface area contributed by atoms with Gasteiger partial charge in [0.1, 0.15) is 0 Å². The van der Waals surface area contributed by atoms with Crippen molar-refractivity contribution in [2.24, 2.45) is 0 Å². The van der Waals surface area contributed by atoms with Crippen molar-refractivity contribution in [1.82, 2.24) is 9.78 Å². The quantitative estimate of drug-likeness (QED) is 0.711. The molecule has 0 saturated heterocycles. The first-order chi connectivity index (χ1) is 7.20. The van der Waals surface area contributed by atoms with Crippen molar-refractivity contribution in [2.75, 3.05) is 0 Å². The van der Waals surface area contributed by atoms with Crippen LogP contribution < -0.4 is 0 Å². The highest BCUT2D eigenvalue weighted by atomic mass is 35.5. The van der Waals surface area contributed by atoms with Crippen molar-refractivity contribution in [3.05, 3.63) is 47.3 Å². The van der Waals surface area contributed by atoms with Crippen LogP contribution in [0.4, 0.5) is 0 Å². The molecule has 0 fully saturated rings. The van der Waals surface area contributed by atoms with Crippen molar-refractivity contribution in [3.63, 3.8) is 0 Å². The molecule has 2 aromatic rings. The summed E-state index contributed by atoms with van der Waals surface area (Å²) in [4.78, 5) is 0. The van der Waals surface area contributed by atoms with Crippen LogP contribution in [0.3, 0.4) is 0 Å².